The molecule has 1 heterocycles. The Morgan fingerprint density at radius 3 is 2.73 bits per heavy atom. The van der Waals surface area contributed by atoms with E-state index in [2.05, 4.69) is 15.0 Å². The number of hydrogen-bond donors (Lipinski definition) is 3. The van der Waals surface area contributed by atoms with Crippen LogP contribution in [0.25, 0.3) is 0 Å². The van der Waals surface area contributed by atoms with Crippen molar-refractivity contribution < 1.29 is 8.42 Å². The van der Waals surface area contributed by atoms with Crippen LogP contribution in [0.4, 0.5) is 11.5 Å². The lowest BCUT2D eigenvalue weighted by atomic mass is 10.4. The smallest absolute Gasteiger partial charge is 0.213 e. The lowest BCUT2D eigenvalue weighted by Crippen LogP contribution is -2.26. The van der Waals surface area contributed by atoms with Crippen molar-refractivity contribution in [1.82, 2.24) is 9.71 Å². The van der Waals surface area contributed by atoms with Crippen LogP contribution in [0, 0.1) is 0 Å². The molecule has 7 heteroatoms. The van der Waals surface area contributed by atoms with Crippen LogP contribution in [0.2, 0.25) is 0 Å². The van der Waals surface area contributed by atoms with Crippen molar-refractivity contribution in [2.45, 2.75) is 0 Å². The Balaban J connectivity index is 2.42. The minimum Gasteiger partial charge on any atom is -0.397 e. The molecular weight excluding hydrogens is 216 g/mol. The zero-order valence-corrected chi connectivity index (χ0v) is 9.21. The molecular formula is C8H14N4O2S. The lowest BCUT2D eigenvalue weighted by molar-refractivity contribution is 0.588. The Labute approximate surface area is 88.9 Å². The highest BCUT2D eigenvalue weighted by Crippen LogP contribution is 2.05. The second-order valence-corrected chi connectivity index (χ2v) is 4.97. The van der Waals surface area contributed by atoms with E-state index in [9.17, 15) is 8.42 Å². The van der Waals surface area contributed by atoms with Gasteiger partial charge in [0, 0.05) is 6.54 Å². The summed E-state index contributed by atoms with van der Waals surface area (Å²) < 4.78 is 24.3. The molecule has 0 aliphatic rings. The van der Waals surface area contributed by atoms with Crippen molar-refractivity contribution in [3.8, 4) is 0 Å². The van der Waals surface area contributed by atoms with Gasteiger partial charge in [-0.3, -0.25) is 0 Å². The quantitative estimate of drug-likeness (QED) is 0.641. The molecule has 0 amide bonds. The van der Waals surface area contributed by atoms with E-state index in [0.29, 0.717) is 18.1 Å². The maximum Gasteiger partial charge on any atom is 0.213 e. The summed E-state index contributed by atoms with van der Waals surface area (Å²) in [5.41, 5.74) is 6.02. The van der Waals surface area contributed by atoms with Gasteiger partial charge >= 0.3 is 0 Å². The molecule has 0 fully saturated rings. The summed E-state index contributed by atoms with van der Waals surface area (Å²) in [7, 11) is -1.78. The van der Waals surface area contributed by atoms with Gasteiger partial charge in [-0.15, -0.1) is 0 Å². The molecule has 1 rings (SSSR count). The zero-order valence-electron chi connectivity index (χ0n) is 8.40. The van der Waals surface area contributed by atoms with Gasteiger partial charge < -0.3 is 11.1 Å². The third-order valence-corrected chi connectivity index (χ3v) is 3.14. The number of sulfonamides is 1. The molecule has 0 unspecified atom stereocenters. The molecule has 0 aliphatic heterocycles. The predicted octanol–water partition coefficient (Wildman–Crippen LogP) is -0.375. The Hall–Kier alpha value is -1.34. The molecule has 0 spiro atoms. The molecule has 0 saturated heterocycles. The first-order valence-corrected chi connectivity index (χ1v) is 6.05. The topological polar surface area (TPSA) is 97.1 Å². The summed E-state index contributed by atoms with van der Waals surface area (Å²) in [6.07, 6.45) is 1.51. The van der Waals surface area contributed by atoms with Crippen LogP contribution in [-0.4, -0.2) is 32.7 Å². The molecule has 0 bridgehead atoms. The Kier molecular flexibility index (Phi) is 3.87. The highest BCUT2D eigenvalue weighted by molar-refractivity contribution is 7.89. The summed E-state index contributed by atoms with van der Waals surface area (Å²) in [5.74, 6) is 0.616. The first kappa shape index (κ1) is 11.7. The summed E-state index contributed by atoms with van der Waals surface area (Å²) in [5, 5.41) is 2.88. The van der Waals surface area contributed by atoms with E-state index < -0.39 is 10.0 Å². The molecule has 0 aromatic carbocycles. The van der Waals surface area contributed by atoms with Crippen molar-refractivity contribution in [2.75, 3.05) is 30.4 Å². The van der Waals surface area contributed by atoms with Gasteiger partial charge in [0.2, 0.25) is 10.0 Å². The van der Waals surface area contributed by atoms with E-state index in [0.717, 1.165) is 0 Å². The fourth-order valence-electron chi connectivity index (χ4n) is 0.925. The average Bonchev–Trinajstić information content (AvgIpc) is 2.21. The van der Waals surface area contributed by atoms with Crippen molar-refractivity contribution in [1.29, 1.82) is 0 Å². The molecule has 0 radical (unpaired) electrons. The van der Waals surface area contributed by atoms with Gasteiger partial charge in [0.05, 0.1) is 17.6 Å². The van der Waals surface area contributed by atoms with Crippen LogP contribution in [-0.2, 0) is 10.0 Å². The van der Waals surface area contributed by atoms with Gasteiger partial charge in [-0.1, -0.05) is 0 Å². The van der Waals surface area contributed by atoms with Crippen LogP contribution in [0.5, 0.6) is 0 Å². The van der Waals surface area contributed by atoms with Gasteiger partial charge in [0.15, 0.2) is 0 Å². The van der Waals surface area contributed by atoms with Crippen LogP contribution >= 0.6 is 0 Å². The summed E-state index contributed by atoms with van der Waals surface area (Å²) in [6, 6.07) is 3.39. The zero-order chi connectivity index (χ0) is 11.3. The predicted molar refractivity (Wildman–Crippen MR) is 60.0 cm³/mol. The SMILES string of the molecule is CNS(=O)(=O)CCNc1ccc(N)cn1. The normalized spacial score (nSPS) is 11.3. The third kappa shape index (κ3) is 4.13. The number of hydrogen-bond acceptors (Lipinski definition) is 5. The van der Waals surface area contributed by atoms with Gasteiger partial charge in [-0.25, -0.2) is 18.1 Å². The molecule has 0 aliphatic carbocycles. The van der Waals surface area contributed by atoms with Crippen LogP contribution in [0.15, 0.2) is 18.3 Å². The number of nitrogens with zero attached hydrogens (tertiary/aromatic N) is 1. The second kappa shape index (κ2) is 4.94. The Morgan fingerprint density at radius 1 is 1.47 bits per heavy atom. The summed E-state index contributed by atoms with van der Waals surface area (Å²) in [4.78, 5) is 3.97. The molecule has 1 aromatic heterocycles. The molecule has 1 aromatic rings. The number of pyridine rings is 1. The number of aromatic nitrogens is 1. The molecule has 4 N–H and O–H groups in total. The maximum atomic E-state index is 11.1. The minimum atomic E-state index is -3.16. The first-order chi connectivity index (χ1) is 7.03. The molecule has 15 heavy (non-hydrogen) atoms. The van der Waals surface area contributed by atoms with Crippen molar-refractivity contribution >= 4 is 21.5 Å². The lowest BCUT2D eigenvalue weighted by Gasteiger charge is -2.05. The largest absolute Gasteiger partial charge is 0.397 e. The molecule has 0 saturated carbocycles. The molecule has 84 valence electrons. The van der Waals surface area contributed by atoms with Crippen LogP contribution in [0.1, 0.15) is 0 Å². The van der Waals surface area contributed by atoms with Gasteiger partial charge in [-0.05, 0) is 19.2 Å². The van der Waals surface area contributed by atoms with Crippen molar-refractivity contribution in [2.24, 2.45) is 0 Å². The maximum absolute atomic E-state index is 11.1. The number of nitrogen functional groups attached to an aromatic ring is 1. The average molecular weight is 230 g/mol. The van der Waals surface area contributed by atoms with E-state index in [1.165, 1.54) is 13.2 Å². The minimum absolute atomic E-state index is 0.00948. The van der Waals surface area contributed by atoms with E-state index in [-0.39, 0.29) is 5.75 Å². The fourth-order valence-corrected chi connectivity index (χ4v) is 1.50. The van der Waals surface area contributed by atoms with E-state index >= 15 is 0 Å². The number of nitrogens with two attached hydrogens (primary N) is 1. The molecule has 6 nitrogen and oxygen atoms in total. The molecule has 0 atom stereocenters. The van der Waals surface area contributed by atoms with Crippen molar-refractivity contribution in [3.63, 3.8) is 0 Å². The van der Waals surface area contributed by atoms with E-state index in [1.807, 2.05) is 0 Å². The monoisotopic (exact) mass is 230 g/mol. The van der Waals surface area contributed by atoms with Gasteiger partial charge in [0.25, 0.3) is 0 Å². The number of rotatable bonds is 5. The number of anilines is 2. The first-order valence-electron chi connectivity index (χ1n) is 4.40. The fraction of sp³-hybridized carbons (Fsp3) is 0.375. The summed E-state index contributed by atoms with van der Waals surface area (Å²) in [6.45, 7) is 0.306. The standard InChI is InChI=1S/C8H14N4O2S/c1-10-15(13,14)5-4-11-8-3-2-7(9)6-12-8/h2-3,6,10H,4-5,9H2,1H3,(H,11,12). The second-order valence-electron chi connectivity index (χ2n) is 2.93. The van der Waals surface area contributed by atoms with Crippen LogP contribution < -0.4 is 15.8 Å². The van der Waals surface area contributed by atoms with E-state index in [1.54, 1.807) is 12.1 Å². The third-order valence-electron chi connectivity index (χ3n) is 1.77. The highest BCUT2D eigenvalue weighted by Gasteiger charge is 2.05. The highest BCUT2D eigenvalue weighted by atomic mass is 32.2. The van der Waals surface area contributed by atoms with Crippen LogP contribution in [0.3, 0.4) is 0 Å². The number of nitrogens with one attached hydrogen (secondary N) is 2. The van der Waals surface area contributed by atoms with Gasteiger partial charge in [0.1, 0.15) is 5.82 Å². The van der Waals surface area contributed by atoms with E-state index in [4.69, 9.17) is 5.73 Å². The summed E-state index contributed by atoms with van der Waals surface area (Å²) >= 11 is 0. The van der Waals surface area contributed by atoms with Gasteiger partial charge in [-0.2, -0.15) is 0 Å². The Bertz CT molecular complexity index is 401. The van der Waals surface area contributed by atoms with Crippen molar-refractivity contribution in [3.05, 3.63) is 18.3 Å². The Morgan fingerprint density at radius 2 is 2.20 bits per heavy atom.